The molecule has 0 aromatic carbocycles. The number of aliphatic hydroxyl groups is 2. The lowest BCUT2D eigenvalue weighted by atomic mass is 10.1. The molecule has 0 radical (unpaired) electrons. The van der Waals surface area contributed by atoms with Crippen LogP contribution in [0.3, 0.4) is 0 Å². The van der Waals surface area contributed by atoms with E-state index in [-0.39, 0.29) is 22.8 Å². The van der Waals surface area contributed by atoms with Crippen molar-refractivity contribution in [1.29, 1.82) is 0 Å². The Bertz CT molecular complexity index is 2170. The lowest BCUT2D eigenvalue weighted by Crippen LogP contribution is -2.39. The molecule has 25 heteroatoms. The Hall–Kier alpha value is -3.28. The van der Waals surface area contributed by atoms with Gasteiger partial charge in [0.15, 0.2) is 40.4 Å². The fraction of sp³-hybridized carbons (Fsp3) is 0.455. The molecule has 3 aliphatic rings. The predicted octanol–water partition coefficient (Wildman–Crippen LogP) is -1.55. The number of rotatable bonds is 2. The Balaban J connectivity index is 1.08. The number of imidazole rings is 3. The van der Waals surface area contributed by atoms with Crippen LogP contribution in [0.25, 0.3) is 28.0 Å². The van der Waals surface area contributed by atoms with Gasteiger partial charge in [-0.3, -0.25) is 36.9 Å². The number of nitrogens with two attached hydrogens (primary N) is 1. The minimum Gasteiger partial charge on any atom is -0.386 e. The molecule has 3 aliphatic heterocycles. The second-order valence-electron chi connectivity index (χ2n) is 10.8. The third kappa shape index (κ3) is 5.29. The molecule has 3 unspecified atom stereocenters. The molecule has 0 bridgehead atoms. The van der Waals surface area contributed by atoms with Gasteiger partial charge in [0.2, 0.25) is 5.95 Å². The molecule has 250 valence electrons. The number of nitrogens with zero attached hydrogens (tertiary/aromatic N) is 8. The monoisotopic (exact) mass is 714 g/mol. The maximum absolute atomic E-state index is 13.2. The van der Waals surface area contributed by atoms with E-state index in [1.165, 1.54) is 21.8 Å². The average molecular weight is 715 g/mol. The van der Waals surface area contributed by atoms with Crippen LogP contribution in [0.1, 0.15) is 12.5 Å². The van der Waals surface area contributed by atoms with Crippen molar-refractivity contribution in [3.8, 4) is 0 Å². The number of phosphoric ester groups is 1. The zero-order valence-electron chi connectivity index (χ0n) is 23.4. The average Bonchev–Trinajstić information content (AvgIpc) is 3.83. The van der Waals surface area contributed by atoms with Crippen LogP contribution in [0.15, 0.2) is 36.2 Å². The first-order valence-electron chi connectivity index (χ1n) is 13.7. The van der Waals surface area contributed by atoms with Crippen molar-refractivity contribution < 1.29 is 52.1 Å². The molecule has 0 aliphatic carbocycles. The number of aromatic nitrogens is 9. The SMILES string of the molecule is Nc1nc2c(ncn2[C@@H]2OC3COP(=O)(O)O[C@H]4[C@@H](O)[C@H](n5cnc6c5ncn5ccnc65)O[C@@H]4COP(O)(=S)O[C@H]3[C@H]2O)c(=O)[nH]1. The first-order chi connectivity index (χ1) is 22.4. The first kappa shape index (κ1) is 31.0. The Labute approximate surface area is 265 Å². The van der Waals surface area contributed by atoms with E-state index in [9.17, 15) is 29.4 Å². The molecule has 0 amide bonds. The Morgan fingerprint density at radius 2 is 1.51 bits per heavy atom. The highest BCUT2D eigenvalue weighted by Gasteiger charge is 2.53. The molecule has 8 rings (SSSR count). The lowest BCUT2D eigenvalue weighted by Gasteiger charge is -2.29. The molecule has 8 heterocycles. The van der Waals surface area contributed by atoms with E-state index >= 15 is 0 Å². The predicted molar refractivity (Wildman–Crippen MR) is 157 cm³/mol. The highest BCUT2D eigenvalue weighted by Crippen LogP contribution is 2.53. The second-order valence-corrected chi connectivity index (χ2v) is 15.0. The van der Waals surface area contributed by atoms with Crippen LogP contribution in [0, 0.1) is 0 Å². The summed E-state index contributed by atoms with van der Waals surface area (Å²) in [4.78, 5) is 57.3. The molecular formula is C22H24N10O12P2S. The summed E-state index contributed by atoms with van der Waals surface area (Å²) in [6, 6.07) is 0. The van der Waals surface area contributed by atoms with Gasteiger partial charge in [-0.2, -0.15) is 4.98 Å². The largest absolute Gasteiger partial charge is 0.472 e. The van der Waals surface area contributed by atoms with Gasteiger partial charge in [0.1, 0.15) is 43.0 Å². The van der Waals surface area contributed by atoms with Crippen molar-refractivity contribution in [2.75, 3.05) is 18.9 Å². The van der Waals surface area contributed by atoms with E-state index in [1.807, 2.05) is 0 Å². The minimum absolute atomic E-state index is 0.0482. The van der Waals surface area contributed by atoms with E-state index in [4.69, 9.17) is 45.1 Å². The third-order valence-corrected chi connectivity index (χ3v) is 10.4. The van der Waals surface area contributed by atoms with Gasteiger partial charge < -0.3 is 39.7 Å². The fourth-order valence-electron chi connectivity index (χ4n) is 5.79. The maximum atomic E-state index is 13.2. The molecule has 0 spiro atoms. The molecule has 3 fully saturated rings. The van der Waals surface area contributed by atoms with Crippen molar-refractivity contribution in [2.24, 2.45) is 0 Å². The summed E-state index contributed by atoms with van der Waals surface area (Å²) in [5.41, 5.74) is 6.04. The maximum Gasteiger partial charge on any atom is 0.472 e. The van der Waals surface area contributed by atoms with Crippen LogP contribution in [-0.2, 0) is 43.9 Å². The van der Waals surface area contributed by atoms with Crippen molar-refractivity contribution in [3.05, 3.63) is 41.7 Å². The number of H-pyrrole nitrogens is 1. The first-order valence-corrected chi connectivity index (χ1v) is 17.8. The van der Waals surface area contributed by atoms with Gasteiger partial charge in [-0.05, 0) is 11.8 Å². The summed E-state index contributed by atoms with van der Waals surface area (Å²) < 4.78 is 51.1. The Morgan fingerprint density at radius 1 is 0.872 bits per heavy atom. The summed E-state index contributed by atoms with van der Waals surface area (Å²) in [6.07, 6.45) is -4.32. The summed E-state index contributed by atoms with van der Waals surface area (Å²) in [5.74, 6) is -0.231. The van der Waals surface area contributed by atoms with E-state index in [1.54, 1.807) is 16.8 Å². The number of hydrogen-bond acceptors (Lipinski definition) is 17. The fourth-order valence-corrected chi connectivity index (χ4v) is 8.20. The summed E-state index contributed by atoms with van der Waals surface area (Å²) in [6.45, 7) is -5.55. The van der Waals surface area contributed by atoms with Gasteiger partial charge in [-0.25, -0.2) is 24.5 Å². The number of phosphoric acid groups is 1. The molecule has 3 saturated heterocycles. The van der Waals surface area contributed by atoms with Gasteiger partial charge in [0, 0.05) is 12.4 Å². The molecule has 22 nitrogen and oxygen atoms in total. The standard InChI is InChI=1S/C22H24N10O12P2S/c23-22-28-18-11(19(35)29-22)26-7-32(18)21-13(34)15-8(41-21)3-39-45(36,37)43-14-9(4-40-46(38,47)44-15)42-20(12(14)33)31-6-25-10-16-24-1-2-30(16)5-27-17(10)31/h1-2,5-9,12-15,20-21,33-34H,3-4H2,(H,36,37)(H,38,47)(H3,23,28,29,35)/t8?,9-,12-,13-,14-,15-,20-,21-,46?/m1/s1. The van der Waals surface area contributed by atoms with Crippen molar-refractivity contribution in [1.82, 2.24) is 43.4 Å². The van der Waals surface area contributed by atoms with E-state index < -0.39 is 82.4 Å². The topological polar surface area (TPSA) is 291 Å². The second kappa shape index (κ2) is 11.1. The van der Waals surface area contributed by atoms with Crippen LogP contribution in [0.4, 0.5) is 5.95 Å². The Morgan fingerprint density at radius 3 is 2.23 bits per heavy atom. The number of fused-ring (bicyclic) bond motifs is 6. The van der Waals surface area contributed by atoms with Crippen LogP contribution in [-0.4, -0.2) is 113 Å². The quantitative estimate of drug-likeness (QED) is 0.113. The molecular weight excluding hydrogens is 690 g/mol. The van der Waals surface area contributed by atoms with E-state index in [0.29, 0.717) is 11.2 Å². The smallest absolute Gasteiger partial charge is 0.386 e. The summed E-state index contributed by atoms with van der Waals surface area (Å²) >= 11 is 5.22. The van der Waals surface area contributed by atoms with Crippen molar-refractivity contribution in [3.63, 3.8) is 0 Å². The van der Waals surface area contributed by atoms with E-state index in [0.717, 1.165) is 6.33 Å². The highest BCUT2D eigenvalue weighted by molar-refractivity contribution is 8.07. The van der Waals surface area contributed by atoms with Crippen LogP contribution in [0.2, 0.25) is 0 Å². The van der Waals surface area contributed by atoms with Crippen molar-refractivity contribution in [2.45, 2.75) is 49.1 Å². The number of aliphatic hydroxyl groups excluding tert-OH is 2. The number of ether oxygens (including phenoxy) is 2. The molecule has 47 heavy (non-hydrogen) atoms. The number of nitrogen functional groups attached to an aromatic ring is 1. The number of anilines is 1. The minimum atomic E-state index is -4.99. The van der Waals surface area contributed by atoms with Gasteiger partial charge >= 0.3 is 14.5 Å². The van der Waals surface area contributed by atoms with Crippen LogP contribution >= 0.6 is 14.5 Å². The molecule has 10 atom stereocenters. The Kier molecular flexibility index (Phi) is 7.35. The summed E-state index contributed by atoms with van der Waals surface area (Å²) in [5, 5.41) is 22.5. The van der Waals surface area contributed by atoms with Gasteiger partial charge in [-0.15, -0.1) is 0 Å². The number of nitrogens with one attached hydrogen (secondary N) is 1. The molecule has 5 aromatic rings. The van der Waals surface area contributed by atoms with Gasteiger partial charge in [0.05, 0.1) is 25.9 Å². The number of hydrogen-bond donors (Lipinski definition) is 6. The van der Waals surface area contributed by atoms with E-state index in [2.05, 4.69) is 29.9 Å². The molecule has 5 aromatic heterocycles. The normalized spacial score (nSPS) is 36.8. The lowest BCUT2D eigenvalue weighted by molar-refractivity contribution is -0.0629. The van der Waals surface area contributed by atoms with Gasteiger partial charge in [0.25, 0.3) is 5.56 Å². The number of aromatic amines is 1. The van der Waals surface area contributed by atoms with Crippen molar-refractivity contribution >= 4 is 60.3 Å². The zero-order valence-corrected chi connectivity index (χ0v) is 26.0. The summed E-state index contributed by atoms with van der Waals surface area (Å²) in [7, 11) is -4.99. The zero-order chi connectivity index (χ0) is 32.8. The van der Waals surface area contributed by atoms with Crippen LogP contribution < -0.4 is 11.3 Å². The van der Waals surface area contributed by atoms with Crippen LogP contribution in [0.5, 0.6) is 0 Å². The van der Waals surface area contributed by atoms with Gasteiger partial charge in [-0.1, -0.05) is 0 Å². The molecule has 7 N–H and O–H groups in total. The molecule has 0 saturated carbocycles. The third-order valence-electron chi connectivity index (χ3n) is 7.88. The highest BCUT2D eigenvalue weighted by atomic mass is 32.5.